The van der Waals surface area contributed by atoms with Gasteiger partial charge in [0.05, 0.1) is 0 Å². The molecule has 1 aliphatic rings. The summed E-state index contributed by atoms with van der Waals surface area (Å²) in [6, 6.07) is 0.536. The third-order valence-electron chi connectivity index (χ3n) is 1.65. The van der Waals surface area contributed by atoms with E-state index in [9.17, 15) is 0 Å². The number of hydrogen-bond acceptors (Lipinski definition) is 1. The zero-order valence-corrected chi connectivity index (χ0v) is 9.82. The van der Waals surface area contributed by atoms with Crippen molar-refractivity contribution in [3.05, 3.63) is 0 Å². The van der Waals surface area contributed by atoms with Gasteiger partial charge < -0.3 is 43.0 Å². The van der Waals surface area contributed by atoms with Crippen molar-refractivity contribution in [2.24, 2.45) is 5.73 Å². The van der Waals surface area contributed by atoms with Crippen molar-refractivity contribution in [3.8, 4) is 0 Å². The number of nitrogens with two attached hydrogens (primary N) is 1. The van der Waals surface area contributed by atoms with E-state index >= 15 is 0 Å². The summed E-state index contributed by atoms with van der Waals surface area (Å²) >= 11 is 0. The molecule has 0 unspecified atom stereocenters. The molecule has 1 fully saturated rings. The van der Waals surface area contributed by atoms with Gasteiger partial charge in [-0.05, 0) is 12.8 Å². The Kier molecular flexibility index (Phi) is 28.9. The van der Waals surface area contributed by atoms with E-state index in [1.807, 2.05) is 0 Å². The van der Waals surface area contributed by atoms with Gasteiger partial charge in [-0.15, -0.1) is 0 Å². The largest absolute Gasteiger partial charge is 3.00 e. The fourth-order valence-corrected chi connectivity index (χ4v) is 1.13. The van der Waals surface area contributed by atoms with Gasteiger partial charge in [-0.2, -0.15) is 0 Å². The Morgan fingerprint density at radius 2 is 1.18 bits per heavy atom. The topological polar surface area (TPSA) is 26.0 Å². The van der Waals surface area contributed by atoms with E-state index in [-0.39, 0.29) is 54.6 Å². The van der Waals surface area contributed by atoms with Crippen LogP contribution >= 0.6 is 0 Å². The maximum atomic E-state index is 5.63. The first-order valence-electron chi connectivity index (χ1n) is 3.15. The molecule has 66 valence electrons. The van der Waals surface area contributed by atoms with Gasteiger partial charge in [-0.25, -0.2) is 0 Å². The Hall–Kier alpha value is 1.36. The third-order valence-corrected chi connectivity index (χ3v) is 1.65. The Morgan fingerprint density at radius 3 is 1.36 bits per heavy atom. The SMILES string of the molecule is NC1CCCCC1.[Al+3].[Cl-].[Cl-].[Cl-]. The van der Waals surface area contributed by atoms with Crippen LogP contribution in [0, 0.1) is 0 Å². The molecule has 2 N–H and O–H groups in total. The smallest absolute Gasteiger partial charge is 1.00 e. The van der Waals surface area contributed by atoms with Gasteiger partial charge in [0, 0.05) is 6.04 Å². The average molecular weight is 233 g/mol. The Bertz CT molecular complexity index is 59.8. The molecule has 1 aliphatic carbocycles. The van der Waals surface area contributed by atoms with Crippen LogP contribution < -0.4 is 43.0 Å². The van der Waals surface area contributed by atoms with E-state index in [0.29, 0.717) is 6.04 Å². The molecule has 0 bridgehead atoms. The van der Waals surface area contributed by atoms with Crippen LogP contribution in [0.3, 0.4) is 0 Å². The summed E-state index contributed by atoms with van der Waals surface area (Å²) < 4.78 is 0. The van der Waals surface area contributed by atoms with Crippen molar-refractivity contribution in [3.63, 3.8) is 0 Å². The van der Waals surface area contributed by atoms with Gasteiger partial charge in [0.15, 0.2) is 0 Å². The summed E-state index contributed by atoms with van der Waals surface area (Å²) in [7, 11) is 0. The molecule has 11 heavy (non-hydrogen) atoms. The molecule has 1 saturated carbocycles. The van der Waals surface area contributed by atoms with E-state index in [4.69, 9.17) is 5.73 Å². The second kappa shape index (κ2) is 13.9. The monoisotopic (exact) mass is 231 g/mol. The predicted molar refractivity (Wildman–Crippen MR) is 36.8 cm³/mol. The molecule has 0 heterocycles. The molecule has 5 heteroatoms. The standard InChI is InChI=1S/C6H13N.Al.3ClH/c7-6-4-2-1-3-5-6;;;;/h6H,1-5,7H2;;3*1H/q;+3;;;/p-3. The first-order valence-corrected chi connectivity index (χ1v) is 3.15. The maximum Gasteiger partial charge on any atom is 3.00 e. The summed E-state index contributed by atoms with van der Waals surface area (Å²) in [6.45, 7) is 0. The van der Waals surface area contributed by atoms with E-state index in [0.717, 1.165) is 0 Å². The average Bonchev–Trinajstić information content (AvgIpc) is 1.69. The van der Waals surface area contributed by atoms with Gasteiger partial charge in [0.2, 0.25) is 0 Å². The van der Waals surface area contributed by atoms with Gasteiger partial charge >= 0.3 is 17.4 Å². The van der Waals surface area contributed by atoms with Crippen molar-refractivity contribution < 1.29 is 37.2 Å². The zero-order valence-electron chi connectivity index (χ0n) is 6.40. The van der Waals surface area contributed by atoms with Crippen LogP contribution in [0.25, 0.3) is 0 Å². The van der Waals surface area contributed by atoms with Crippen molar-refractivity contribution in [1.29, 1.82) is 0 Å². The Balaban J connectivity index is -0.0000000612. The van der Waals surface area contributed by atoms with Crippen LogP contribution in [-0.4, -0.2) is 23.4 Å². The zero-order chi connectivity index (χ0) is 5.11. The van der Waals surface area contributed by atoms with Gasteiger partial charge in [0.1, 0.15) is 0 Å². The van der Waals surface area contributed by atoms with Crippen LogP contribution in [0.15, 0.2) is 0 Å². The third kappa shape index (κ3) is 11.4. The maximum absolute atomic E-state index is 5.63. The van der Waals surface area contributed by atoms with Crippen molar-refractivity contribution in [2.75, 3.05) is 0 Å². The summed E-state index contributed by atoms with van der Waals surface area (Å²) in [5.74, 6) is 0. The first-order chi connectivity index (χ1) is 3.39. The van der Waals surface area contributed by atoms with Gasteiger partial charge in [-0.1, -0.05) is 19.3 Å². The van der Waals surface area contributed by atoms with Crippen LogP contribution in [0.2, 0.25) is 0 Å². The van der Waals surface area contributed by atoms with Crippen molar-refractivity contribution in [2.45, 2.75) is 38.1 Å². The fraction of sp³-hybridized carbons (Fsp3) is 1.00. The van der Waals surface area contributed by atoms with Crippen LogP contribution in [-0.2, 0) is 0 Å². The van der Waals surface area contributed by atoms with Crippen LogP contribution in [0.1, 0.15) is 32.1 Å². The molecular formula is C6H13AlCl3N. The Morgan fingerprint density at radius 1 is 0.818 bits per heavy atom. The van der Waals surface area contributed by atoms with Crippen LogP contribution in [0.5, 0.6) is 0 Å². The van der Waals surface area contributed by atoms with E-state index in [1.165, 1.54) is 32.1 Å². The minimum atomic E-state index is 0. The van der Waals surface area contributed by atoms with Gasteiger partial charge in [0.25, 0.3) is 0 Å². The summed E-state index contributed by atoms with van der Waals surface area (Å²) in [6.07, 6.45) is 6.66. The quantitative estimate of drug-likeness (QED) is 0.413. The normalized spacial score (nSPS) is 16.1. The summed E-state index contributed by atoms with van der Waals surface area (Å²) in [5, 5.41) is 0. The molecule has 1 nitrogen and oxygen atoms in total. The second-order valence-electron chi connectivity index (χ2n) is 2.40. The second-order valence-corrected chi connectivity index (χ2v) is 2.40. The minimum absolute atomic E-state index is 0. The fourth-order valence-electron chi connectivity index (χ4n) is 1.13. The van der Waals surface area contributed by atoms with Crippen molar-refractivity contribution in [1.82, 2.24) is 0 Å². The summed E-state index contributed by atoms with van der Waals surface area (Å²) in [4.78, 5) is 0. The molecular weight excluding hydrogens is 219 g/mol. The number of hydrogen-bond donors (Lipinski definition) is 1. The van der Waals surface area contributed by atoms with Crippen LogP contribution in [0.4, 0.5) is 0 Å². The molecule has 0 atom stereocenters. The van der Waals surface area contributed by atoms with Gasteiger partial charge in [-0.3, -0.25) is 0 Å². The number of rotatable bonds is 0. The summed E-state index contributed by atoms with van der Waals surface area (Å²) in [5.41, 5.74) is 5.63. The number of halogens is 3. The van der Waals surface area contributed by atoms with E-state index in [2.05, 4.69) is 0 Å². The van der Waals surface area contributed by atoms with Crippen molar-refractivity contribution >= 4 is 17.4 Å². The molecule has 0 radical (unpaired) electrons. The van der Waals surface area contributed by atoms with E-state index < -0.39 is 0 Å². The minimum Gasteiger partial charge on any atom is -1.00 e. The molecule has 0 aromatic heterocycles. The van der Waals surface area contributed by atoms with E-state index in [1.54, 1.807) is 0 Å². The molecule has 0 aliphatic heterocycles. The first kappa shape index (κ1) is 22.8. The molecule has 0 aromatic carbocycles. The molecule has 0 amide bonds. The molecule has 1 rings (SSSR count). The molecule has 0 aromatic rings. The molecule has 0 saturated heterocycles. The predicted octanol–water partition coefficient (Wildman–Crippen LogP) is -8.09. The molecule has 0 spiro atoms. The Labute approximate surface area is 98.2 Å².